The zero-order valence-electron chi connectivity index (χ0n) is 7.58. The van der Waals surface area contributed by atoms with Crippen LogP contribution in [0.3, 0.4) is 0 Å². The summed E-state index contributed by atoms with van der Waals surface area (Å²) in [7, 11) is 0. The normalized spacial score (nSPS) is 9.69. The number of nitrogen functional groups attached to an aromatic ring is 1. The molecule has 0 aliphatic heterocycles. The van der Waals surface area contributed by atoms with Crippen molar-refractivity contribution in [3.05, 3.63) is 29.6 Å². The van der Waals surface area contributed by atoms with Gasteiger partial charge in [0.15, 0.2) is 0 Å². The minimum absolute atomic E-state index is 0.278. The fourth-order valence-corrected chi connectivity index (χ4v) is 1.10. The molecule has 0 atom stereocenters. The first-order valence-corrected chi connectivity index (χ1v) is 4.23. The lowest BCUT2D eigenvalue weighted by Crippen LogP contribution is -2.30. The van der Waals surface area contributed by atoms with Gasteiger partial charge in [0.05, 0.1) is 0 Å². The summed E-state index contributed by atoms with van der Waals surface area (Å²) in [5.74, 6) is 4.73. The van der Waals surface area contributed by atoms with Gasteiger partial charge < -0.3 is 0 Å². The van der Waals surface area contributed by atoms with E-state index in [1.54, 1.807) is 18.3 Å². The molecule has 0 aliphatic carbocycles. The molecule has 0 radical (unpaired) electrons. The van der Waals surface area contributed by atoms with Gasteiger partial charge in [0.25, 0.3) is 5.91 Å². The number of nitrogens with zero attached hydrogens (tertiary/aromatic N) is 1. The number of aromatic nitrogens is 1. The Morgan fingerprint density at radius 2 is 2.46 bits per heavy atom. The van der Waals surface area contributed by atoms with Crippen LogP contribution in [0.15, 0.2) is 18.3 Å². The average molecular weight is 179 g/mol. The second-order valence-electron chi connectivity index (χ2n) is 2.76. The second-order valence-corrected chi connectivity index (χ2v) is 2.76. The van der Waals surface area contributed by atoms with Crippen molar-refractivity contribution in [2.24, 2.45) is 5.84 Å². The number of carbonyl (C=O) groups excluding carboxylic acids is 1. The summed E-state index contributed by atoms with van der Waals surface area (Å²) in [6.07, 6.45) is 3.52. The van der Waals surface area contributed by atoms with E-state index in [9.17, 15) is 4.79 Å². The van der Waals surface area contributed by atoms with Gasteiger partial charge in [-0.05, 0) is 18.6 Å². The first-order chi connectivity index (χ1) is 6.27. The van der Waals surface area contributed by atoms with E-state index in [-0.39, 0.29) is 5.91 Å². The van der Waals surface area contributed by atoms with E-state index in [0.29, 0.717) is 5.56 Å². The van der Waals surface area contributed by atoms with Crippen LogP contribution in [0.4, 0.5) is 0 Å². The molecule has 3 N–H and O–H groups in total. The van der Waals surface area contributed by atoms with Crippen molar-refractivity contribution in [1.82, 2.24) is 10.4 Å². The summed E-state index contributed by atoms with van der Waals surface area (Å²) < 4.78 is 0. The van der Waals surface area contributed by atoms with Gasteiger partial charge in [0.1, 0.15) is 0 Å². The van der Waals surface area contributed by atoms with Crippen LogP contribution in [0, 0.1) is 0 Å². The lowest BCUT2D eigenvalue weighted by molar-refractivity contribution is 0.0953. The molecule has 1 rings (SSSR count). The van der Waals surface area contributed by atoms with Crippen LogP contribution in [0.5, 0.6) is 0 Å². The summed E-state index contributed by atoms with van der Waals surface area (Å²) in [5.41, 5.74) is 3.56. The summed E-state index contributed by atoms with van der Waals surface area (Å²) in [4.78, 5) is 15.2. The molecule has 1 aromatic rings. The van der Waals surface area contributed by atoms with Gasteiger partial charge in [-0.15, -0.1) is 0 Å². The van der Waals surface area contributed by atoms with Crippen LogP contribution in [-0.2, 0) is 6.42 Å². The Balaban J connectivity index is 2.85. The van der Waals surface area contributed by atoms with E-state index < -0.39 is 0 Å². The number of hydrogen-bond donors (Lipinski definition) is 2. The average Bonchev–Trinajstić information content (AvgIpc) is 2.18. The molecule has 4 nitrogen and oxygen atoms in total. The van der Waals surface area contributed by atoms with Crippen LogP contribution < -0.4 is 11.3 Å². The third-order valence-electron chi connectivity index (χ3n) is 1.72. The highest BCUT2D eigenvalue weighted by molar-refractivity contribution is 5.93. The maximum atomic E-state index is 11.1. The molecule has 0 bridgehead atoms. The molecule has 13 heavy (non-hydrogen) atoms. The van der Waals surface area contributed by atoms with Gasteiger partial charge in [0.2, 0.25) is 0 Å². The van der Waals surface area contributed by atoms with E-state index >= 15 is 0 Å². The lowest BCUT2D eigenvalue weighted by atomic mass is 10.1. The van der Waals surface area contributed by atoms with Crippen molar-refractivity contribution in [3.63, 3.8) is 0 Å². The number of rotatable bonds is 3. The molecule has 0 spiro atoms. The molecule has 0 aliphatic rings. The highest BCUT2D eigenvalue weighted by Crippen LogP contribution is 2.03. The van der Waals surface area contributed by atoms with Crippen LogP contribution in [-0.4, -0.2) is 10.9 Å². The number of hydrazine groups is 1. The van der Waals surface area contributed by atoms with Crippen molar-refractivity contribution in [1.29, 1.82) is 0 Å². The minimum atomic E-state index is -0.278. The SMILES string of the molecule is CCCc1cc(C(=O)NN)ccn1. The minimum Gasteiger partial charge on any atom is -0.290 e. The number of pyridine rings is 1. The molecule has 4 heteroatoms. The number of amides is 1. The predicted molar refractivity (Wildman–Crippen MR) is 49.9 cm³/mol. The zero-order valence-corrected chi connectivity index (χ0v) is 7.58. The summed E-state index contributed by atoms with van der Waals surface area (Å²) in [6.45, 7) is 2.07. The van der Waals surface area contributed by atoms with Crippen molar-refractivity contribution in [2.45, 2.75) is 19.8 Å². The maximum absolute atomic E-state index is 11.1. The first kappa shape index (κ1) is 9.67. The van der Waals surface area contributed by atoms with Crippen molar-refractivity contribution in [2.75, 3.05) is 0 Å². The Morgan fingerprint density at radius 3 is 3.08 bits per heavy atom. The van der Waals surface area contributed by atoms with Crippen molar-refractivity contribution in [3.8, 4) is 0 Å². The van der Waals surface area contributed by atoms with Crippen LogP contribution >= 0.6 is 0 Å². The molecule has 0 unspecified atom stereocenters. The Morgan fingerprint density at radius 1 is 1.69 bits per heavy atom. The monoisotopic (exact) mass is 179 g/mol. The van der Waals surface area contributed by atoms with E-state index in [1.807, 2.05) is 0 Å². The maximum Gasteiger partial charge on any atom is 0.265 e. The smallest absolute Gasteiger partial charge is 0.265 e. The summed E-state index contributed by atoms with van der Waals surface area (Å²) >= 11 is 0. The molecular formula is C9H13N3O. The van der Waals surface area contributed by atoms with Crippen LogP contribution in [0.25, 0.3) is 0 Å². The third kappa shape index (κ3) is 2.52. The molecule has 70 valence electrons. The third-order valence-corrected chi connectivity index (χ3v) is 1.72. The molecule has 1 heterocycles. The van der Waals surface area contributed by atoms with E-state index in [0.717, 1.165) is 18.5 Å². The quantitative estimate of drug-likeness (QED) is 0.406. The first-order valence-electron chi connectivity index (χ1n) is 4.23. The largest absolute Gasteiger partial charge is 0.290 e. The summed E-state index contributed by atoms with van der Waals surface area (Å²) in [5, 5.41) is 0. The Labute approximate surface area is 77.1 Å². The van der Waals surface area contributed by atoms with Gasteiger partial charge >= 0.3 is 0 Å². The van der Waals surface area contributed by atoms with E-state index in [2.05, 4.69) is 17.3 Å². The highest BCUT2D eigenvalue weighted by atomic mass is 16.2. The fourth-order valence-electron chi connectivity index (χ4n) is 1.10. The standard InChI is InChI=1S/C9H13N3O/c1-2-3-8-6-7(4-5-11-8)9(13)12-10/h4-6H,2-3,10H2,1H3,(H,12,13). The van der Waals surface area contributed by atoms with Crippen LogP contribution in [0.2, 0.25) is 0 Å². The number of carbonyl (C=O) groups is 1. The van der Waals surface area contributed by atoms with Gasteiger partial charge in [-0.3, -0.25) is 15.2 Å². The van der Waals surface area contributed by atoms with E-state index in [4.69, 9.17) is 5.84 Å². The van der Waals surface area contributed by atoms with Crippen molar-refractivity contribution < 1.29 is 4.79 Å². The van der Waals surface area contributed by atoms with Crippen molar-refractivity contribution >= 4 is 5.91 Å². The topological polar surface area (TPSA) is 68.0 Å². The Kier molecular flexibility index (Phi) is 3.40. The molecular weight excluding hydrogens is 166 g/mol. The molecule has 0 saturated heterocycles. The second kappa shape index (κ2) is 4.57. The van der Waals surface area contributed by atoms with Gasteiger partial charge in [-0.2, -0.15) is 0 Å². The highest BCUT2D eigenvalue weighted by Gasteiger charge is 2.03. The van der Waals surface area contributed by atoms with E-state index in [1.165, 1.54) is 0 Å². The van der Waals surface area contributed by atoms with Gasteiger partial charge in [-0.1, -0.05) is 13.3 Å². The molecule has 1 amide bonds. The number of aryl methyl sites for hydroxylation is 1. The zero-order chi connectivity index (χ0) is 9.68. The molecule has 1 aromatic heterocycles. The number of hydrogen-bond acceptors (Lipinski definition) is 3. The number of nitrogens with two attached hydrogens (primary N) is 1. The van der Waals surface area contributed by atoms with Gasteiger partial charge in [-0.25, -0.2) is 5.84 Å². The number of nitrogens with one attached hydrogen (secondary N) is 1. The molecule has 0 saturated carbocycles. The van der Waals surface area contributed by atoms with Gasteiger partial charge in [0, 0.05) is 17.5 Å². The lowest BCUT2D eigenvalue weighted by Gasteiger charge is -2.01. The Bertz CT molecular complexity index is 299. The molecule has 0 aromatic carbocycles. The molecule has 0 fully saturated rings. The summed E-state index contributed by atoms with van der Waals surface area (Å²) in [6, 6.07) is 3.40. The van der Waals surface area contributed by atoms with Crippen LogP contribution in [0.1, 0.15) is 29.4 Å². The predicted octanol–water partition coefficient (Wildman–Crippen LogP) is 0.638. The fraction of sp³-hybridized carbons (Fsp3) is 0.333. The Hall–Kier alpha value is -1.42.